The summed E-state index contributed by atoms with van der Waals surface area (Å²) in [6.07, 6.45) is 3.75. The number of aromatic nitrogens is 2. The van der Waals surface area contributed by atoms with Crippen LogP contribution in [0, 0.1) is 0 Å². The van der Waals surface area contributed by atoms with Crippen molar-refractivity contribution in [3.05, 3.63) is 47.3 Å². The van der Waals surface area contributed by atoms with E-state index in [1.807, 2.05) is 48.9 Å². The second kappa shape index (κ2) is 7.32. The summed E-state index contributed by atoms with van der Waals surface area (Å²) in [6.45, 7) is 3.80. The predicted molar refractivity (Wildman–Crippen MR) is 98.6 cm³/mol. The van der Waals surface area contributed by atoms with Gasteiger partial charge in [-0.05, 0) is 44.2 Å². The summed E-state index contributed by atoms with van der Waals surface area (Å²) >= 11 is 0. The molecule has 1 amide bonds. The van der Waals surface area contributed by atoms with Gasteiger partial charge in [-0.1, -0.05) is 32.0 Å². The molecule has 0 spiro atoms. The second-order valence-corrected chi connectivity index (χ2v) is 6.89. The van der Waals surface area contributed by atoms with Gasteiger partial charge in [-0.15, -0.1) is 0 Å². The van der Waals surface area contributed by atoms with Crippen molar-refractivity contribution < 1.29 is 14.7 Å². The summed E-state index contributed by atoms with van der Waals surface area (Å²) in [7, 11) is 0. The number of rotatable bonds is 7. The highest BCUT2D eigenvalue weighted by Gasteiger charge is 2.34. The highest BCUT2D eigenvalue weighted by molar-refractivity contribution is 5.95. The Morgan fingerprint density at radius 2 is 1.88 bits per heavy atom. The number of carbonyl (C=O) groups is 2. The Morgan fingerprint density at radius 3 is 2.50 bits per heavy atom. The number of carbonyl (C=O) groups excluding carboxylic acids is 1. The molecule has 0 radical (unpaired) electrons. The zero-order valence-electron chi connectivity index (χ0n) is 15.3. The molecule has 1 heterocycles. The molecule has 138 valence electrons. The summed E-state index contributed by atoms with van der Waals surface area (Å²) in [5, 5.41) is 16.8. The van der Waals surface area contributed by atoms with E-state index in [4.69, 9.17) is 0 Å². The molecule has 1 aromatic heterocycles. The Hall–Kier alpha value is -2.63. The maximum atomic E-state index is 13.0. The first-order valence-electron chi connectivity index (χ1n) is 9.20. The Balaban J connectivity index is 1.94. The van der Waals surface area contributed by atoms with Crippen LogP contribution in [0.15, 0.2) is 30.3 Å². The number of nitrogens with zero attached hydrogens (tertiary/aromatic N) is 2. The average Bonchev–Trinajstić information content (AvgIpc) is 3.23. The number of amides is 1. The van der Waals surface area contributed by atoms with Gasteiger partial charge in [-0.3, -0.25) is 9.59 Å². The van der Waals surface area contributed by atoms with Crippen LogP contribution in [0.1, 0.15) is 61.3 Å². The molecular formula is C20H25N3O3. The maximum absolute atomic E-state index is 13.0. The van der Waals surface area contributed by atoms with E-state index >= 15 is 0 Å². The molecule has 26 heavy (non-hydrogen) atoms. The number of hydrogen-bond donors (Lipinski definition) is 2. The van der Waals surface area contributed by atoms with Crippen molar-refractivity contribution in [2.24, 2.45) is 0 Å². The number of carboxylic acids is 1. The Kier molecular flexibility index (Phi) is 5.11. The first kappa shape index (κ1) is 18.2. The first-order chi connectivity index (χ1) is 12.5. The van der Waals surface area contributed by atoms with Crippen molar-refractivity contribution in [1.82, 2.24) is 15.1 Å². The fourth-order valence-corrected chi connectivity index (χ4v) is 3.71. The molecule has 0 fully saturated rings. The van der Waals surface area contributed by atoms with Crippen LogP contribution in [0.2, 0.25) is 0 Å². The minimum Gasteiger partial charge on any atom is -0.481 e. The van der Waals surface area contributed by atoms with E-state index in [0.29, 0.717) is 18.5 Å². The molecule has 0 unspecified atom stereocenters. The number of benzene rings is 1. The lowest BCUT2D eigenvalue weighted by Gasteiger charge is -2.31. The molecule has 0 saturated carbocycles. The molecule has 2 aromatic rings. The first-order valence-corrected chi connectivity index (χ1v) is 9.20. The molecular weight excluding hydrogens is 330 g/mol. The van der Waals surface area contributed by atoms with Gasteiger partial charge < -0.3 is 10.4 Å². The van der Waals surface area contributed by atoms with Crippen molar-refractivity contribution in [3.63, 3.8) is 0 Å². The zero-order valence-corrected chi connectivity index (χ0v) is 15.3. The number of nitrogens with one attached hydrogen (secondary N) is 1. The normalized spacial score (nSPS) is 13.5. The minimum absolute atomic E-state index is 0.0900. The molecule has 1 aromatic carbocycles. The molecule has 0 saturated heterocycles. The lowest BCUT2D eigenvalue weighted by Crippen LogP contribution is -2.49. The Labute approximate surface area is 153 Å². The van der Waals surface area contributed by atoms with Gasteiger partial charge >= 0.3 is 5.97 Å². The predicted octanol–water partition coefficient (Wildman–Crippen LogP) is 3.12. The maximum Gasteiger partial charge on any atom is 0.305 e. The van der Waals surface area contributed by atoms with E-state index in [9.17, 15) is 14.7 Å². The van der Waals surface area contributed by atoms with Gasteiger partial charge in [0, 0.05) is 11.3 Å². The monoisotopic (exact) mass is 355 g/mol. The third-order valence-corrected chi connectivity index (χ3v) is 5.37. The van der Waals surface area contributed by atoms with Crippen LogP contribution >= 0.6 is 0 Å². The van der Waals surface area contributed by atoms with Gasteiger partial charge in [0.2, 0.25) is 0 Å². The average molecular weight is 355 g/mol. The number of para-hydroxylation sites is 1. The van der Waals surface area contributed by atoms with Crippen LogP contribution in [0.4, 0.5) is 0 Å². The summed E-state index contributed by atoms with van der Waals surface area (Å²) < 4.78 is 1.86. The highest BCUT2D eigenvalue weighted by Crippen LogP contribution is 2.29. The Morgan fingerprint density at radius 1 is 1.19 bits per heavy atom. The summed E-state index contributed by atoms with van der Waals surface area (Å²) in [6, 6.07) is 9.79. The quantitative estimate of drug-likeness (QED) is 0.799. The molecule has 6 heteroatoms. The lowest BCUT2D eigenvalue weighted by atomic mass is 9.88. The third kappa shape index (κ3) is 3.36. The molecule has 3 rings (SSSR count). The van der Waals surface area contributed by atoms with Crippen molar-refractivity contribution in [2.75, 3.05) is 0 Å². The summed E-state index contributed by atoms with van der Waals surface area (Å²) in [5.41, 5.74) is 2.69. The van der Waals surface area contributed by atoms with Gasteiger partial charge in [0.1, 0.15) is 0 Å². The standard InChI is InChI=1S/C20H25N3O3/c1-3-20(4-2,13-17(24)25)21-19(26)18-15-11-8-12-16(15)23(22-18)14-9-6-5-7-10-14/h5-7,9-10H,3-4,8,11-13H2,1-2H3,(H,21,26)(H,24,25). The van der Waals surface area contributed by atoms with Crippen molar-refractivity contribution in [3.8, 4) is 5.69 Å². The largest absolute Gasteiger partial charge is 0.481 e. The van der Waals surface area contributed by atoms with E-state index in [-0.39, 0.29) is 12.3 Å². The SMILES string of the molecule is CCC(CC)(CC(=O)O)NC(=O)c1nn(-c2ccccc2)c2c1CCC2. The smallest absolute Gasteiger partial charge is 0.305 e. The van der Waals surface area contributed by atoms with E-state index < -0.39 is 11.5 Å². The summed E-state index contributed by atoms with van der Waals surface area (Å²) in [5.74, 6) is -1.18. The van der Waals surface area contributed by atoms with Crippen molar-refractivity contribution >= 4 is 11.9 Å². The van der Waals surface area contributed by atoms with Crippen LogP contribution in [0.3, 0.4) is 0 Å². The number of carboxylic acid groups (broad SMARTS) is 1. The van der Waals surface area contributed by atoms with E-state index in [1.54, 1.807) is 0 Å². The van der Waals surface area contributed by atoms with Crippen LogP contribution in [-0.4, -0.2) is 32.3 Å². The number of aliphatic carboxylic acids is 1. The molecule has 0 aliphatic heterocycles. The van der Waals surface area contributed by atoms with Crippen LogP contribution in [0.25, 0.3) is 5.69 Å². The van der Waals surface area contributed by atoms with E-state index in [2.05, 4.69) is 10.4 Å². The van der Waals surface area contributed by atoms with E-state index in [1.165, 1.54) is 0 Å². The zero-order chi connectivity index (χ0) is 18.7. The van der Waals surface area contributed by atoms with Gasteiger partial charge in [0.25, 0.3) is 5.91 Å². The van der Waals surface area contributed by atoms with Gasteiger partial charge in [0.15, 0.2) is 5.69 Å². The summed E-state index contributed by atoms with van der Waals surface area (Å²) in [4.78, 5) is 24.2. The molecule has 1 aliphatic rings. The van der Waals surface area contributed by atoms with Crippen LogP contribution in [0.5, 0.6) is 0 Å². The Bertz CT molecular complexity index is 807. The van der Waals surface area contributed by atoms with E-state index in [0.717, 1.165) is 36.2 Å². The molecule has 1 aliphatic carbocycles. The van der Waals surface area contributed by atoms with Crippen molar-refractivity contribution in [1.29, 1.82) is 0 Å². The molecule has 6 nitrogen and oxygen atoms in total. The number of hydrogen-bond acceptors (Lipinski definition) is 3. The highest BCUT2D eigenvalue weighted by atomic mass is 16.4. The van der Waals surface area contributed by atoms with Crippen LogP contribution in [-0.2, 0) is 17.6 Å². The minimum atomic E-state index is -0.908. The molecule has 0 bridgehead atoms. The van der Waals surface area contributed by atoms with Gasteiger partial charge in [-0.25, -0.2) is 4.68 Å². The molecule has 2 N–H and O–H groups in total. The fourth-order valence-electron chi connectivity index (χ4n) is 3.71. The number of fused-ring (bicyclic) bond motifs is 1. The van der Waals surface area contributed by atoms with Gasteiger partial charge in [0.05, 0.1) is 17.6 Å². The van der Waals surface area contributed by atoms with Crippen molar-refractivity contribution in [2.45, 2.75) is 57.9 Å². The fraction of sp³-hybridized carbons (Fsp3) is 0.450. The lowest BCUT2D eigenvalue weighted by molar-refractivity contribution is -0.138. The van der Waals surface area contributed by atoms with Gasteiger partial charge in [-0.2, -0.15) is 5.10 Å². The second-order valence-electron chi connectivity index (χ2n) is 6.89. The topological polar surface area (TPSA) is 84.2 Å². The van der Waals surface area contributed by atoms with Crippen LogP contribution < -0.4 is 5.32 Å². The molecule has 0 atom stereocenters. The third-order valence-electron chi connectivity index (χ3n) is 5.37.